The second-order valence-electron chi connectivity index (χ2n) is 14.1. The van der Waals surface area contributed by atoms with Gasteiger partial charge in [0.2, 0.25) is 23.6 Å². The highest BCUT2D eigenvalue weighted by Crippen LogP contribution is 2.27. The molecule has 0 aliphatic carbocycles. The zero-order valence-electron chi connectivity index (χ0n) is 28.6. The van der Waals surface area contributed by atoms with E-state index in [4.69, 9.17) is 9.47 Å². The summed E-state index contributed by atoms with van der Waals surface area (Å²) in [5, 5.41) is 20.2. The van der Waals surface area contributed by atoms with E-state index in [1.54, 1.807) is 18.2 Å². The fraction of sp³-hybridized carbons (Fsp3) is 0.541. The largest absolute Gasteiger partial charge is 0.493 e. The van der Waals surface area contributed by atoms with Gasteiger partial charge >= 0.3 is 0 Å². The Labute approximate surface area is 292 Å². The molecule has 5 amide bonds. The number of aliphatic hydroxyl groups is 1. The number of nitrogens with zero attached hydrogens (tertiary/aromatic N) is 2. The van der Waals surface area contributed by atoms with E-state index in [9.17, 15) is 29.1 Å². The minimum absolute atomic E-state index is 0.0599. The van der Waals surface area contributed by atoms with Gasteiger partial charge in [-0.3, -0.25) is 24.0 Å². The van der Waals surface area contributed by atoms with Gasteiger partial charge in [-0.15, -0.1) is 0 Å². The molecule has 6 atom stereocenters. The summed E-state index contributed by atoms with van der Waals surface area (Å²) in [5.74, 6) is -1.55. The molecule has 0 unspecified atom stereocenters. The lowest BCUT2D eigenvalue weighted by molar-refractivity contribution is -0.142. The number of benzene rings is 2. The molecule has 3 fully saturated rings. The van der Waals surface area contributed by atoms with Gasteiger partial charge in [0.25, 0.3) is 5.91 Å². The molecule has 2 aromatic rings. The maximum atomic E-state index is 14.2. The fourth-order valence-corrected chi connectivity index (χ4v) is 7.35. The lowest BCUT2D eigenvalue weighted by Crippen LogP contribution is -2.60. The minimum atomic E-state index is -1.21. The average Bonchev–Trinajstić information content (AvgIpc) is 3.78. The molecule has 4 aliphatic heterocycles. The van der Waals surface area contributed by atoms with E-state index in [2.05, 4.69) is 16.0 Å². The van der Waals surface area contributed by atoms with Crippen LogP contribution >= 0.6 is 0 Å². The average molecular weight is 690 g/mol. The van der Waals surface area contributed by atoms with Crippen molar-refractivity contribution in [2.45, 2.75) is 88.7 Å². The number of nitrogens with one attached hydrogen (secondary N) is 3. The zero-order valence-corrected chi connectivity index (χ0v) is 28.6. The summed E-state index contributed by atoms with van der Waals surface area (Å²) in [6.45, 7) is 4.36. The Morgan fingerprint density at radius 2 is 1.76 bits per heavy atom. The van der Waals surface area contributed by atoms with E-state index < -0.39 is 72.5 Å². The first-order chi connectivity index (χ1) is 24.1. The normalized spacial score (nSPS) is 27.8. The van der Waals surface area contributed by atoms with E-state index in [0.29, 0.717) is 56.6 Å². The highest BCUT2D eigenvalue weighted by Gasteiger charge is 2.41. The molecule has 13 heteroatoms. The molecule has 3 saturated heterocycles. The van der Waals surface area contributed by atoms with Gasteiger partial charge in [-0.25, -0.2) is 0 Å². The molecule has 13 nitrogen and oxygen atoms in total. The molecule has 0 saturated carbocycles. The minimum Gasteiger partial charge on any atom is -0.493 e. The summed E-state index contributed by atoms with van der Waals surface area (Å²) in [4.78, 5) is 72.5. The Morgan fingerprint density at radius 3 is 2.54 bits per heavy atom. The van der Waals surface area contributed by atoms with Gasteiger partial charge in [-0.2, -0.15) is 0 Å². The number of rotatable bonds is 5. The summed E-state index contributed by atoms with van der Waals surface area (Å²) in [7, 11) is 0. The van der Waals surface area contributed by atoms with Crippen molar-refractivity contribution in [1.29, 1.82) is 0 Å². The number of aliphatic hydroxyl groups excluding tert-OH is 1. The van der Waals surface area contributed by atoms with Gasteiger partial charge in [-0.05, 0) is 60.9 Å². The second-order valence-corrected chi connectivity index (χ2v) is 14.1. The third kappa shape index (κ3) is 8.10. The quantitative estimate of drug-likeness (QED) is 0.361. The molecule has 268 valence electrons. The Kier molecular flexibility index (Phi) is 11.0. The van der Waals surface area contributed by atoms with E-state index in [-0.39, 0.29) is 25.5 Å². The van der Waals surface area contributed by atoms with Gasteiger partial charge in [0.05, 0.1) is 25.7 Å². The molecule has 4 N–H and O–H groups in total. The van der Waals surface area contributed by atoms with Gasteiger partial charge in [0.15, 0.2) is 0 Å². The third-order valence-electron chi connectivity index (χ3n) is 9.93. The number of hydrogen-bond donors (Lipinski definition) is 4. The second kappa shape index (κ2) is 15.6. The topological polar surface area (TPSA) is 167 Å². The predicted molar refractivity (Wildman–Crippen MR) is 182 cm³/mol. The highest BCUT2D eigenvalue weighted by atomic mass is 16.5. The Balaban J connectivity index is 1.35. The molecule has 50 heavy (non-hydrogen) atoms. The fourth-order valence-electron chi connectivity index (χ4n) is 7.35. The molecule has 0 radical (unpaired) electrons. The van der Waals surface area contributed by atoms with Crippen LogP contribution in [-0.4, -0.2) is 114 Å². The van der Waals surface area contributed by atoms with Crippen molar-refractivity contribution in [2.24, 2.45) is 5.92 Å². The van der Waals surface area contributed by atoms with Crippen molar-refractivity contribution in [3.05, 3.63) is 65.2 Å². The number of fused-ring (bicyclic) bond motifs is 4. The standard InChI is InChI=1S/C37H47N5O8/c1-22(2)17-27-34(45)39-26-13-16-50-31(33(26)44)20-41(36(47)25-10-11-30-24(19-25)12-15-49-30)21-32(43)38-28(18-23-7-4-3-5-8-23)37(48)42-14-6-9-29(42)35(46)40-27/h3-5,7-8,10-11,19,22,26-29,31,33,44H,6,9,12-18,20-21H2,1-2H3,(H,38,43)(H,39,45)(H,40,46)/t26-,27+,28-,29+,31+,33-/m0/s1. The van der Waals surface area contributed by atoms with E-state index in [1.807, 2.05) is 44.2 Å². The van der Waals surface area contributed by atoms with E-state index in [0.717, 1.165) is 11.1 Å². The van der Waals surface area contributed by atoms with Crippen molar-refractivity contribution in [1.82, 2.24) is 25.8 Å². The predicted octanol–water partition coefficient (Wildman–Crippen LogP) is 0.961. The third-order valence-corrected chi connectivity index (χ3v) is 9.93. The van der Waals surface area contributed by atoms with Crippen molar-refractivity contribution >= 4 is 29.5 Å². The molecular formula is C37H47N5O8. The molecule has 4 heterocycles. The van der Waals surface area contributed by atoms with Crippen LogP contribution in [0.3, 0.4) is 0 Å². The Morgan fingerprint density at radius 1 is 0.960 bits per heavy atom. The lowest BCUT2D eigenvalue weighted by Gasteiger charge is -2.38. The molecule has 2 aromatic carbocycles. The molecule has 6 rings (SSSR count). The van der Waals surface area contributed by atoms with Crippen LogP contribution in [0.5, 0.6) is 5.75 Å². The van der Waals surface area contributed by atoms with Gasteiger partial charge in [0.1, 0.15) is 36.1 Å². The maximum absolute atomic E-state index is 14.2. The Hall–Kier alpha value is -4.49. The first kappa shape index (κ1) is 35.3. The number of hydrogen-bond acceptors (Lipinski definition) is 8. The van der Waals surface area contributed by atoms with Gasteiger partial charge < -0.3 is 40.3 Å². The number of amides is 5. The van der Waals surface area contributed by atoms with Crippen LogP contribution in [0.1, 0.15) is 61.0 Å². The monoisotopic (exact) mass is 689 g/mol. The number of ether oxygens (including phenoxy) is 2. The summed E-state index contributed by atoms with van der Waals surface area (Å²) >= 11 is 0. The van der Waals surface area contributed by atoms with Crippen LogP contribution in [-0.2, 0) is 36.8 Å². The van der Waals surface area contributed by atoms with Crippen LogP contribution in [0.15, 0.2) is 48.5 Å². The van der Waals surface area contributed by atoms with Gasteiger partial charge in [0, 0.05) is 31.6 Å². The van der Waals surface area contributed by atoms with Crippen LogP contribution in [0, 0.1) is 5.92 Å². The molecule has 4 aliphatic rings. The van der Waals surface area contributed by atoms with Crippen molar-refractivity contribution in [2.75, 3.05) is 32.8 Å². The van der Waals surface area contributed by atoms with E-state index in [1.165, 1.54) is 9.80 Å². The molecule has 0 spiro atoms. The SMILES string of the molecule is CC(C)C[C@H]1NC(=O)[C@H]2CCCN2C(=O)[C@H](Cc2ccccc2)NC(=O)CN(C(=O)c2ccc3c(c2)CCO3)C[C@H]2OCC[C@H](NC1=O)[C@@H]2O. The maximum Gasteiger partial charge on any atom is 0.254 e. The first-order valence-electron chi connectivity index (χ1n) is 17.7. The van der Waals surface area contributed by atoms with Crippen LogP contribution < -0.4 is 20.7 Å². The van der Waals surface area contributed by atoms with Crippen LogP contribution in [0.4, 0.5) is 0 Å². The number of carbonyl (C=O) groups is 5. The molecule has 2 bridgehead atoms. The van der Waals surface area contributed by atoms with E-state index >= 15 is 0 Å². The Bertz CT molecular complexity index is 1580. The van der Waals surface area contributed by atoms with Crippen LogP contribution in [0.2, 0.25) is 0 Å². The summed E-state index contributed by atoms with van der Waals surface area (Å²) in [6.07, 6.45) is 0.346. The smallest absolute Gasteiger partial charge is 0.254 e. The highest BCUT2D eigenvalue weighted by molar-refractivity contribution is 5.98. The number of carbonyl (C=O) groups excluding carboxylic acids is 5. The van der Waals surface area contributed by atoms with Crippen molar-refractivity contribution in [3.63, 3.8) is 0 Å². The van der Waals surface area contributed by atoms with Crippen LogP contribution in [0.25, 0.3) is 0 Å². The summed E-state index contributed by atoms with van der Waals surface area (Å²) < 4.78 is 11.6. The van der Waals surface area contributed by atoms with Crippen molar-refractivity contribution in [3.8, 4) is 5.75 Å². The zero-order chi connectivity index (χ0) is 35.4. The molecule has 0 aromatic heterocycles. The lowest BCUT2D eigenvalue weighted by atomic mass is 9.97. The first-order valence-corrected chi connectivity index (χ1v) is 17.7. The summed E-state index contributed by atoms with van der Waals surface area (Å²) in [6, 6.07) is 10.9. The summed E-state index contributed by atoms with van der Waals surface area (Å²) in [5.41, 5.74) is 2.04. The molecular weight excluding hydrogens is 642 g/mol. The van der Waals surface area contributed by atoms with Gasteiger partial charge in [-0.1, -0.05) is 44.2 Å². The van der Waals surface area contributed by atoms with Crippen molar-refractivity contribution < 1.29 is 38.6 Å².